The lowest BCUT2D eigenvalue weighted by Gasteiger charge is -2.58. The van der Waals surface area contributed by atoms with Crippen molar-refractivity contribution in [3.05, 3.63) is 23.8 Å². The average molecular weight is 330 g/mol. The number of rotatable bonds is 2. The third kappa shape index (κ3) is 2.13. The minimum Gasteiger partial charge on any atom is -0.393 e. The fraction of sp³-hybridized carbons (Fsp3) is 0.762. The minimum atomic E-state index is -0.141. The van der Waals surface area contributed by atoms with E-state index in [4.69, 9.17) is 4.74 Å². The highest BCUT2D eigenvalue weighted by molar-refractivity contribution is 6.01. The second-order valence-electron chi connectivity index (χ2n) is 9.02. The van der Waals surface area contributed by atoms with Crippen LogP contribution in [0.4, 0.5) is 0 Å². The van der Waals surface area contributed by atoms with Crippen molar-refractivity contribution in [2.24, 2.45) is 34.5 Å². The van der Waals surface area contributed by atoms with Gasteiger partial charge in [0.15, 0.2) is 5.78 Å². The molecule has 0 saturated heterocycles. The highest BCUT2D eigenvalue weighted by atomic mass is 16.5. The summed E-state index contributed by atoms with van der Waals surface area (Å²) in [6.45, 7) is 5.33. The maximum Gasteiger partial charge on any atom is 0.178 e. The second-order valence-corrected chi connectivity index (χ2v) is 9.02. The number of carbonyl (C=O) groups is 1. The summed E-state index contributed by atoms with van der Waals surface area (Å²) in [5.41, 5.74) is 1.36. The van der Waals surface area contributed by atoms with E-state index in [0.29, 0.717) is 30.3 Å². The van der Waals surface area contributed by atoms with Crippen molar-refractivity contribution in [3.63, 3.8) is 0 Å². The molecule has 0 heterocycles. The van der Waals surface area contributed by atoms with Crippen LogP contribution in [0.25, 0.3) is 0 Å². The zero-order chi connectivity index (χ0) is 17.1. The monoisotopic (exact) mass is 330 g/mol. The van der Waals surface area contributed by atoms with Crippen molar-refractivity contribution in [1.29, 1.82) is 0 Å². The van der Waals surface area contributed by atoms with E-state index in [9.17, 15) is 9.90 Å². The Morgan fingerprint density at radius 1 is 1.25 bits per heavy atom. The summed E-state index contributed by atoms with van der Waals surface area (Å²) in [5.74, 6) is 2.27. The molecule has 0 amide bonds. The topological polar surface area (TPSA) is 46.5 Å². The van der Waals surface area contributed by atoms with Crippen LogP contribution in [0.2, 0.25) is 0 Å². The molecule has 4 aliphatic rings. The summed E-state index contributed by atoms with van der Waals surface area (Å²) < 4.78 is 5.52. The molecule has 0 bridgehead atoms. The molecule has 1 N–H and O–H groups in total. The number of ketones is 1. The van der Waals surface area contributed by atoms with Gasteiger partial charge >= 0.3 is 0 Å². The molecule has 3 fully saturated rings. The number of methoxy groups -OCH3 is 1. The van der Waals surface area contributed by atoms with E-state index in [0.717, 1.165) is 32.1 Å². The molecule has 4 unspecified atom stereocenters. The predicted octanol–water partition coefficient (Wildman–Crippen LogP) is 3.53. The van der Waals surface area contributed by atoms with Gasteiger partial charge in [-0.05, 0) is 67.4 Å². The van der Waals surface area contributed by atoms with E-state index in [-0.39, 0.29) is 22.7 Å². The van der Waals surface area contributed by atoms with Gasteiger partial charge in [0, 0.05) is 18.4 Å². The lowest BCUT2D eigenvalue weighted by molar-refractivity contribution is -0.111. The molecule has 0 aromatic carbocycles. The molecule has 0 spiro atoms. The van der Waals surface area contributed by atoms with Crippen LogP contribution < -0.4 is 0 Å². The van der Waals surface area contributed by atoms with E-state index in [2.05, 4.69) is 19.9 Å². The van der Waals surface area contributed by atoms with Gasteiger partial charge < -0.3 is 9.84 Å². The fourth-order valence-electron chi connectivity index (χ4n) is 6.75. The third-order valence-electron chi connectivity index (χ3n) is 8.04. The lowest BCUT2D eigenvalue weighted by Crippen LogP contribution is -2.52. The largest absolute Gasteiger partial charge is 0.393 e. The van der Waals surface area contributed by atoms with Crippen molar-refractivity contribution in [3.8, 4) is 0 Å². The van der Waals surface area contributed by atoms with Crippen molar-refractivity contribution in [2.75, 3.05) is 13.7 Å². The van der Waals surface area contributed by atoms with E-state index < -0.39 is 0 Å². The first kappa shape index (κ1) is 16.5. The fourth-order valence-corrected chi connectivity index (χ4v) is 6.75. The second kappa shape index (κ2) is 5.54. The standard InChI is InChI=1S/C21H30O3/c1-20-8-6-14(22)11-18(20)13(12-24-3)10-15-16-4-5-19(23)21(16,2)9-7-17(15)20/h6,8,11,13,15-17,19,23H,4-5,7,9-10,12H2,1-3H3/t13-,15?,16?,17?,19?,20+,21-/m0/s1. The van der Waals surface area contributed by atoms with Crippen LogP contribution >= 0.6 is 0 Å². The first-order chi connectivity index (χ1) is 11.4. The minimum absolute atomic E-state index is 0.0190. The smallest absolute Gasteiger partial charge is 0.178 e. The molecule has 3 heteroatoms. The maximum absolute atomic E-state index is 12.0. The number of ether oxygens (including phenoxy) is 1. The Morgan fingerprint density at radius 2 is 2.04 bits per heavy atom. The molecule has 24 heavy (non-hydrogen) atoms. The molecule has 3 nitrogen and oxygen atoms in total. The number of hydrogen-bond acceptors (Lipinski definition) is 3. The average Bonchev–Trinajstić information content (AvgIpc) is 2.85. The van der Waals surface area contributed by atoms with E-state index in [1.54, 1.807) is 13.2 Å². The van der Waals surface area contributed by atoms with E-state index >= 15 is 0 Å². The Kier molecular flexibility index (Phi) is 3.81. The Labute approximate surface area is 145 Å². The molecular formula is C21H30O3. The highest BCUT2D eigenvalue weighted by Gasteiger charge is 2.59. The van der Waals surface area contributed by atoms with Crippen LogP contribution in [0.5, 0.6) is 0 Å². The third-order valence-corrected chi connectivity index (χ3v) is 8.04. The molecule has 4 rings (SSSR count). The van der Waals surface area contributed by atoms with Gasteiger partial charge in [0.1, 0.15) is 0 Å². The van der Waals surface area contributed by atoms with Gasteiger partial charge in [-0.3, -0.25) is 4.79 Å². The SMILES string of the molecule is COC[C@@H]1CC2C3CCC(O)[C@@]3(C)CCC2[C@@]2(C)C=CC(=O)C=C12. The van der Waals surface area contributed by atoms with Gasteiger partial charge in [-0.25, -0.2) is 0 Å². The van der Waals surface area contributed by atoms with Gasteiger partial charge in [-0.2, -0.15) is 0 Å². The van der Waals surface area contributed by atoms with Gasteiger partial charge in [-0.1, -0.05) is 25.5 Å². The Balaban J connectivity index is 1.74. The number of aliphatic hydroxyl groups is 1. The number of hydrogen-bond donors (Lipinski definition) is 1. The summed E-state index contributed by atoms with van der Waals surface area (Å²) in [4.78, 5) is 12.0. The Hall–Kier alpha value is -0.930. The number of allylic oxidation sites excluding steroid dienone is 3. The first-order valence-corrected chi connectivity index (χ1v) is 9.52. The van der Waals surface area contributed by atoms with Crippen LogP contribution in [0, 0.1) is 34.5 Å². The van der Waals surface area contributed by atoms with Crippen LogP contribution in [0.1, 0.15) is 46.0 Å². The molecule has 0 aliphatic heterocycles. The van der Waals surface area contributed by atoms with Crippen molar-refractivity contribution < 1.29 is 14.6 Å². The summed E-state index contributed by atoms with van der Waals surface area (Å²) in [6, 6.07) is 0. The Morgan fingerprint density at radius 3 is 2.79 bits per heavy atom. The van der Waals surface area contributed by atoms with E-state index in [1.165, 1.54) is 5.57 Å². The summed E-state index contributed by atoms with van der Waals surface area (Å²) >= 11 is 0. The van der Waals surface area contributed by atoms with Crippen molar-refractivity contribution in [2.45, 2.75) is 52.1 Å². The van der Waals surface area contributed by atoms with Crippen molar-refractivity contribution in [1.82, 2.24) is 0 Å². The van der Waals surface area contributed by atoms with Gasteiger partial charge in [0.25, 0.3) is 0 Å². The Bertz CT molecular complexity index is 606. The predicted molar refractivity (Wildman–Crippen MR) is 93.4 cm³/mol. The van der Waals surface area contributed by atoms with Crippen LogP contribution in [-0.4, -0.2) is 30.7 Å². The molecule has 132 valence electrons. The van der Waals surface area contributed by atoms with Gasteiger partial charge in [0.05, 0.1) is 12.7 Å². The summed E-state index contributed by atoms with van der Waals surface area (Å²) in [7, 11) is 1.76. The molecule has 0 radical (unpaired) electrons. The lowest BCUT2D eigenvalue weighted by atomic mass is 9.46. The van der Waals surface area contributed by atoms with Gasteiger partial charge in [0.2, 0.25) is 0 Å². The summed E-state index contributed by atoms with van der Waals surface area (Å²) in [6.07, 6.45) is 11.2. The zero-order valence-electron chi connectivity index (χ0n) is 15.1. The first-order valence-electron chi connectivity index (χ1n) is 9.52. The zero-order valence-corrected chi connectivity index (χ0v) is 15.1. The molecule has 7 atom stereocenters. The number of carbonyl (C=O) groups excluding carboxylic acids is 1. The molecule has 3 saturated carbocycles. The van der Waals surface area contributed by atoms with E-state index in [1.807, 2.05) is 6.08 Å². The highest BCUT2D eigenvalue weighted by Crippen LogP contribution is 2.65. The number of aliphatic hydroxyl groups excluding tert-OH is 1. The molecule has 0 aromatic rings. The van der Waals surface area contributed by atoms with Crippen LogP contribution in [0.15, 0.2) is 23.8 Å². The summed E-state index contributed by atoms with van der Waals surface area (Å²) in [5, 5.41) is 10.6. The molecule has 0 aromatic heterocycles. The van der Waals surface area contributed by atoms with Crippen molar-refractivity contribution >= 4 is 5.78 Å². The molecular weight excluding hydrogens is 300 g/mol. The molecule has 4 aliphatic carbocycles. The van der Waals surface area contributed by atoms with Crippen LogP contribution in [0.3, 0.4) is 0 Å². The normalized spacial score (nSPS) is 50.1. The maximum atomic E-state index is 12.0. The van der Waals surface area contributed by atoms with Gasteiger partial charge in [-0.15, -0.1) is 0 Å². The number of fused-ring (bicyclic) bond motifs is 5. The van der Waals surface area contributed by atoms with Crippen LogP contribution in [-0.2, 0) is 9.53 Å². The quantitative estimate of drug-likeness (QED) is 0.842.